The highest BCUT2D eigenvalue weighted by molar-refractivity contribution is 5.86. The molecule has 0 N–H and O–H groups in total. The molecule has 1 heterocycles. The van der Waals surface area contributed by atoms with E-state index in [4.69, 9.17) is 0 Å². The summed E-state index contributed by atoms with van der Waals surface area (Å²) in [5.74, 6) is -0.378. The number of esters is 1. The van der Waals surface area contributed by atoms with Crippen LogP contribution in [0.5, 0.6) is 0 Å². The number of nitrogens with zero attached hydrogens (tertiary/aromatic N) is 3. The van der Waals surface area contributed by atoms with E-state index in [-0.39, 0.29) is 5.97 Å². The predicted molar refractivity (Wildman–Crippen MR) is 63.2 cm³/mol. The van der Waals surface area contributed by atoms with Crippen molar-refractivity contribution in [2.75, 3.05) is 7.11 Å². The van der Waals surface area contributed by atoms with Crippen LogP contribution in [-0.2, 0) is 9.53 Å². The zero-order valence-electron chi connectivity index (χ0n) is 10.0. The summed E-state index contributed by atoms with van der Waals surface area (Å²) in [5, 5.41) is 8.12. The zero-order chi connectivity index (χ0) is 12.1. The smallest absolute Gasteiger partial charge is 0.330 e. The lowest BCUT2D eigenvalue weighted by molar-refractivity contribution is -0.134. The Balaban J connectivity index is 2.00. The molecular formula is C12H17N3O2. The van der Waals surface area contributed by atoms with Crippen LogP contribution in [0, 0.1) is 0 Å². The van der Waals surface area contributed by atoms with Gasteiger partial charge in [0.1, 0.15) is 5.69 Å². The van der Waals surface area contributed by atoms with Gasteiger partial charge < -0.3 is 4.74 Å². The van der Waals surface area contributed by atoms with Gasteiger partial charge in [0.25, 0.3) is 0 Å². The van der Waals surface area contributed by atoms with Crippen LogP contribution in [0.1, 0.15) is 43.8 Å². The van der Waals surface area contributed by atoms with Crippen molar-refractivity contribution in [1.82, 2.24) is 15.0 Å². The van der Waals surface area contributed by atoms with Gasteiger partial charge in [0, 0.05) is 6.08 Å². The van der Waals surface area contributed by atoms with Gasteiger partial charge in [-0.3, -0.25) is 0 Å². The van der Waals surface area contributed by atoms with Gasteiger partial charge >= 0.3 is 5.97 Å². The van der Waals surface area contributed by atoms with Gasteiger partial charge in [0.2, 0.25) is 0 Å². The Kier molecular flexibility index (Phi) is 3.90. The fraction of sp³-hybridized carbons (Fsp3) is 0.583. The van der Waals surface area contributed by atoms with Gasteiger partial charge in [-0.2, -0.15) is 0 Å². The molecule has 5 nitrogen and oxygen atoms in total. The molecule has 5 heteroatoms. The summed E-state index contributed by atoms with van der Waals surface area (Å²) >= 11 is 0. The van der Waals surface area contributed by atoms with Crippen molar-refractivity contribution in [1.29, 1.82) is 0 Å². The molecule has 0 amide bonds. The molecule has 0 unspecified atom stereocenters. The number of hydrogen-bond acceptors (Lipinski definition) is 4. The maximum absolute atomic E-state index is 10.9. The molecule has 92 valence electrons. The van der Waals surface area contributed by atoms with Gasteiger partial charge in [0.15, 0.2) is 0 Å². The Morgan fingerprint density at radius 2 is 2.24 bits per heavy atom. The molecule has 0 atom stereocenters. The fourth-order valence-corrected chi connectivity index (χ4v) is 2.11. The van der Waals surface area contributed by atoms with Crippen molar-refractivity contribution >= 4 is 12.0 Å². The lowest BCUT2D eigenvalue weighted by atomic mass is 9.96. The van der Waals surface area contributed by atoms with Crippen LogP contribution in [0.3, 0.4) is 0 Å². The molecule has 17 heavy (non-hydrogen) atoms. The van der Waals surface area contributed by atoms with E-state index in [9.17, 15) is 4.79 Å². The third-order valence-corrected chi connectivity index (χ3v) is 3.07. The molecule has 1 fully saturated rings. The molecule has 0 aliphatic heterocycles. The molecule has 1 aliphatic carbocycles. The molecule has 1 aromatic heterocycles. The van der Waals surface area contributed by atoms with Gasteiger partial charge in [-0.25, -0.2) is 9.48 Å². The van der Waals surface area contributed by atoms with E-state index in [1.165, 1.54) is 45.3 Å². The molecular weight excluding hydrogens is 218 g/mol. The van der Waals surface area contributed by atoms with Crippen molar-refractivity contribution < 1.29 is 9.53 Å². The van der Waals surface area contributed by atoms with E-state index < -0.39 is 0 Å². The second kappa shape index (κ2) is 5.61. The molecule has 0 bridgehead atoms. The normalized spacial score (nSPS) is 17.5. The second-order valence-electron chi connectivity index (χ2n) is 4.27. The van der Waals surface area contributed by atoms with Crippen LogP contribution in [0.25, 0.3) is 6.08 Å². The quantitative estimate of drug-likeness (QED) is 0.593. The number of aromatic nitrogens is 3. The third kappa shape index (κ3) is 3.15. The SMILES string of the molecule is COC(=O)C=Cc1cn(C2CCCCC2)nn1. The molecule has 1 aromatic rings. The third-order valence-electron chi connectivity index (χ3n) is 3.07. The van der Waals surface area contributed by atoms with E-state index >= 15 is 0 Å². The molecule has 0 saturated heterocycles. The zero-order valence-corrected chi connectivity index (χ0v) is 10.0. The Morgan fingerprint density at radius 1 is 1.47 bits per heavy atom. The molecule has 0 aromatic carbocycles. The maximum atomic E-state index is 10.9. The number of carbonyl (C=O) groups excluding carboxylic acids is 1. The van der Waals surface area contributed by atoms with Gasteiger partial charge in [-0.1, -0.05) is 24.5 Å². The topological polar surface area (TPSA) is 57.0 Å². The van der Waals surface area contributed by atoms with Crippen molar-refractivity contribution in [2.24, 2.45) is 0 Å². The maximum Gasteiger partial charge on any atom is 0.330 e. The van der Waals surface area contributed by atoms with Crippen LogP contribution >= 0.6 is 0 Å². The highest BCUT2D eigenvalue weighted by Crippen LogP contribution is 2.27. The first-order valence-electron chi connectivity index (χ1n) is 5.97. The summed E-state index contributed by atoms with van der Waals surface area (Å²) in [4.78, 5) is 10.9. The average molecular weight is 235 g/mol. The Morgan fingerprint density at radius 3 is 2.94 bits per heavy atom. The number of rotatable bonds is 3. The molecule has 0 spiro atoms. The summed E-state index contributed by atoms with van der Waals surface area (Å²) in [5.41, 5.74) is 0.695. The van der Waals surface area contributed by atoms with Gasteiger partial charge in [-0.15, -0.1) is 5.10 Å². The number of methoxy groups -OCH3 is 1. The summed E-state index contributed by atoms with van der Waals surface area (Å²) < 4.78 is 6.43. The Bertz CT molecular complexity index is 406. The van der Waals surface area contributed by atoms with Crippen LogP contribution in [0.2, 0.25) is 0 Å². The fourth-order valence-electron chi connectivity index (χ4n) is 2.11. The van der Waals surface area contributed by atoms with Crippen LogP contribution in [0.15, 0.2) is 12.3 Å². The van der Waals surface area contributed by atoms with E-state index in [0.29, 0.717) is 11.7 Å². The van der Waals surface area contributed by atoms with Crippen LogP contribution < -0.4 is 0 Å². The van der Waals surface area contributed by atoms with E-state index in [2.05, 4.69) is 15.0 Å². The van der Waals surface area contributed by atoms with Crippen molar-refractivity contribution in [3.8, 4) is 0 Å². The van der Waals surface area contributed by atoms with E-state index in [1.54, 1.807) is 6.08 Å². The summed E-state index contributed by atoms with van der Waals surface area (Å²) in [6.07, 6.45) is 11.0. The van der Waals surface area contributed by atoms with Crippen molar-refractivity contribution in [2.45, 2.75) is 38.1 Å². The van der Waals surface area contributed by atoms with Crippen molar-refractivity contribution in [3.63, 3.8) is 0 Å². The minimum absolute atomic E-state index is 0.378. The van der Waals surface area contributed by atoms with Crippen LogP contribution in [-0.4, -0.2) is 28.1 Å². The number of hydrogen-bond donors (Lipinski definition) is 0. The first-order chi connectivity index (χ1) is 8.29. The highest BCUT2D eigenvalue weighted by Gasteiger charge is 2.16. The van der Waals surface area contributed by atoms with Crippen molar-refractivity contribution in [3.05, 3.63) is 18.0 Å². The Hall–Kier alpha value is -1.65. The molecule has 1 saturated carbocycles. The first-order valence-corrected chi connectivity index (χ1v) is 5.97. The first kappa shape index (κ1) is 11.8. The second-order valence-corrected chi connectivity index (χ2v) is 4.27. The average Bonchev–Trinajstić information content (AvgIpc) is 2.86. The van der Waals surface area contributed by atoms with E-state index in [1.807, 2.05) is 10.9 Å². The minimum Gasteiger partial charge on any atom is -0.466 e. The lowest BCUT2D eigenvalue weighted by Crippen LogP contribution is -2.13. The monoisotopic (exact) mass is 235 g/mol. The summed E-state index contributed by atoms with van der Waals surface area (Å²) in [6, 6.07) is 0.469. The molecule has 2 rings (SSSR count). The lowest BCUT2D eigenvalue weighted by Gasteiger charge is -2.20. The number of ether oxygens (including phenoxy) is 1. The predicted octanol–water partition coefficient (Wildman–Crippen LogP) is 1.97. The van der Waals surface area contributed by atoms with Gasteiger partial charge in [-0.05, 0) is 18.9 Å². The molecule has 0 radical (unpaired) electrons. The highest BCUT2D eigenvalue weighted by atomic mass is 16.5. The standard InChI is InChI=1S/C12H17N3O2/c1-17-12(16)8-7-10-9-15(14-13-10)11-5-3-2-4-6-11/h7-9,11H,2-6H2,1H3. The summed E-state index contributed by atoms with van der Waals surface area (Å²) in [7, 11) is 1.35. The molecule has 1 aliphatic rings. The summed E-state index contributed by atoms with van der Waals surface area (Å²) in [6.45, 7) is 0. The largest absolute Gasteiger partial charge is 0.466 e. The van der Waals surface area contributed by atoms with Gasteiger partial charge in [0.05, 0.1) is 19.3 Å². The number of carbonyl (C=O) groups is 1. The minimum atomic E-state index is -0.378. The Labute approximate surface area is 100 Å². The van der Waals surface area contributed by atoms with E-state index in [0.717, 1.165) is 0 Å². The van der Waals surface area contributed by atoms with Crippen LogP contribution in [0.4, 0.5) is 0 Å².